The van der Waals surface area contributed by atoms with Crippen molar-refractivity contribution in [3.8, 4) is 0 Å². The summed E-state index contributed by atoms with van der Waals surface area (Å²) in [7, 11) is 3.95. The van der Waals surface area contributed by atoms with E-state index in [2.05, 4.69) is 30.0 Å². The molecule has 1 unspecified atom stereocenters. The summed E-state index contributed by atoms with van der Waals surface area (Å²) in [4.78, 5) is 0. The maximum atomic E-state index is 4.17. The van der Waals surface area contributed by atoms with Gasteiger partial charge in [0.25, 0.3) is 0 Å². The number of hydrogen-bond donors (Lipinski definition) is 1. The van der Waals surface area contributed by atoms with Crippen LogP contribution in [0, 0.1) is 0 Å². The number of nitrogens with one attached hydrogen (secondary N) is 1. The summed E-state index contributed by atoms with van der Waals surface area (Å²) in [5, 5.41) is 7.47. The first-order valence-corrected chi connectivity index (χ1v) is 4.94. The molecule has 0 aliphatic heterocycles. The summed E-state index contributed by atoms with van der Waals surface area (Å²) in [5.74, 6) is 0. The molecule has 0 aliphatic carbocycles. The Morgan fingerprint density at radius 2 is 2.43 bits per heavy atom. The number of aromatic nitrogens is 2. The molecule has 1 aromatic rings. The van der Waals surface area contributed by atoms with Crippen LogP contribution < -0.4 is 5.32 Å². The van der Waals surface area contributed by atoms with E-state index in [1.165, 1.54) is 11.3 Å². The highest BCUT2D eigenvalue weighted by Gasteiger charge is 2.11. The fourth-order valence-corrected chi connectivity index (χ4v) is 1.56. The van der Waals surface area contributed by atoms with Crippen LogP contribution in [-0.2, 0) is 7.05 Å². The lowest BCUT2D eigenvalue weighted by molar-refractivity contribution is 0.506. The first-order chi connectivity index (χ1) is 6.65. The first-order valence-electron chi connectivity index (χ1n) is 4.94. The monoisotopic (exact) mass is 193 g/mol. The van der Waals surface area contributed by atoms with Crippen molar-refractivity contribution in [2.45, 2.75) is 25.8 Å². The predicted octanol–water partition coefficient (Wildman–Crippen LogP) is 2.04. The van der Waals surface area contributed by atoms with Crippen LogP contribution in [0.4, 0.5) is 0 Å². The van der Waals surface area contributed by atoms with E-state index < -0.39 is 0 Å². The van der Waals surface area contributed by atoms with Gasteiger partial charge in [0.2, 0.25) is 0 Å². The van der Waals surface area contributed by atoms with Gasteiger partial charge in [-0.1, -0.05) is 5.57 Å². The molecule has 1 rings (SSSR count). The van der Waals surface area contributed by atoms with Crippen molar-refractivity contribution >= 4 is 0 Å². The fraction of sp³-hybridized carbons (Fsp3) is 0.545. The Kier molecular flexibility index (Phi) is 3.89. The van der Waals surface area contributed by atoms with Crippen LogP contribution in [0.1, 0.15) is 31.5 Å². The van der Waals surface area contributed by atoms with Gasteiger partial charge in [0.15, 0.2) is 0 Å². The average Bonchev–Trinajstić information content (AvgIpc) is 2.53. The lowest BCUT2D eigenvalue weighted by Crippen LogP contribution is -2.19. The molecule has 0 radical (unpaired) electrons. The van der Waals surface area contributed by atoms with Crippen molar-refractivity contribution in [2.24, 2.45) is 7.05 Å². The van der Waals surface area contributed by atoms with Gasteiger partial charge < -0.3 is 5.32 Å². The molecule has 1 atom stereocenters. The standard InChI is InChI=1S/C11H19N3/c1-9(2)5-6-10(12-3)11-7-8-13-14(11)4/h7-8,10,12H,1,5-6H2,2-4H3. The Morgan fingerprint density at radius 3 is 2.86 bits per heavy atom. The largest absolute Gasteiger partial charge is 0.312 e. The molecule has 0 amide bonds. The summed E-state index contributed by atoms with van der Waals surface area (Å²) in [6, 6.07) is 2.43. The molecule has 0 spiro atoms. The highest BCUT2D eigenvalue weighted by Crippen LogP contribution is 2.18. The quantitative estimate of drug-likeness (QED) is 0.725. The third kappa shape index (κ3) is 2.70. The fourth-order valence-electron chi connectivity index (χ4n) is 1.56. The molecule has 0 bridgehead atoms. The summed E-state index contributed by atoms with van der Waals surface area (Å²) < 4.78 is 1.92. The molecule has 3 nitrogen and oxygen atoms in total. The van der Waals surface area contributed by atoms with Gasteiger partial charge in [0.05, 0.1) is 5.69 Å². The van der Waals surface area contributed by atoms with E-state index in [0.717, 1.165) is 12.8 Å². The molecule has 1 heterocycles. The molecule has 1 aromatic heterocycles. The highest BCUT2D eigenvalue weighted by atomic mass is 15.3. The molecule has 78 valence electrons. The Labute approximate surface area is 85.8 Å². The summed E-state index contributed by atoms with van der Waals surface area (Å²) in [6.07, 6.45) is 3.96. The summed E-state index contributed by atoms with van der Waals surface area (Å²) in [6.45, 7) is 5.98. The van der Waals surface area contributed by atoms with Crippen LogP contribution >= 0.6 is 0 Å². The van der Waals surface area contributed by atoms with Crippen molar-refractivity contribution in [3.05, 3.63) is 30.1 Å². The van der Waals surface area contributed by atoms with Crippen molar-refractivity contribution in [1.82, 2.24) is 15.1 Å². The Bertz CT molecular complexity index is 301. The van der Waals surface area contributed by atoms with Gasteiger partial charge in [-0.3, -0.25) is 4.68 Å². The van der Waals surface area contributed by atoms with Crippen LogP contribution in [0.2, 0.25) is 0 Å². The number of aryl methyl sites for hydroxylation is 1. The van der Waals surface area contributed by atoms with Crippen LogP contribution in [0.25, 0.3) is 0 Å². The third-order valence-corrected chi connectivity index (χ3v) is 2.42. The topological polar surface area (TPSA) is 29.9 Å². The zero-order chi connectivity index (χ0) is 10.6. The van der Waals surface area contributed by atoms with Crippen LogP contribution in [0.5, 0.6) is 0 Å². The van der Waals surface area contributed by atoms with Gasteiger partial charge in [-0.15, -0.1) is 6.58 Å². The second-order valence-electron chi connectivity index (χ2n) is 3.72. The van der Waals surface area contributed by atoms with E-state index in [-0.39, 0.29) is 0 Å². The number of hydrogen-bond acceptors (Lipinski definition) is 2. The van der Waals surface area contributed by atoms with E-state index in [1.807, 2.05) is 25.0 Å². The van der Waals surface area contributed by atoms with Crippen LogP contribution in [-0.4, -0.2) is 16.8 Å². The van der Waals surface area contributed by atoms with Gasteiger partial charge in [0.1, 0.15) is 0 Å². The summed E-state index contributed by atoms with van der Waals surface area (Å²) in [5.41, 5.74) is 2.46. The van der Waals surface area contributed by atoms with E-state index in [4.69, 9.17) is 0 Å². The predicted molar refractivity (Wildman–Crippen MR) is 59.1 cm³/mol. The SMILES string of the molecule is C=C(C)CCC(NC)c1ccnn1C. The lowest BCUT2D eigenvalue weighted by atomic mass is 10.1. The second-order valence-corrected chi connectivity index (χ2v) is 3.72. The highest BCUT2D eigenvalue weighted by molar-refractivity contribution is 5.07. The molecular formula is C11H19N3. The Balaban J connectivity index is 2.63. The number of nitrogens with zero attached hydrogens (tertiary/aromatic N) is 2. The van der Waals surface area contributed by atoms with Gasteiger partial charge in [0, 0.05) is 19.3 Å². The number of allylic oxidation sites excluding steroid dienone is 1. The minimum atomic E-state index is 0.374. The van der Waals surface area contributed by atoms with Crippen molar-refractivity contribution in [2.75, 3.05) is 7.05 Å². The third-order valence-electron chi connectivity index (χ3n) is 2.42. The zero-order valence-electron chi connectivity index (χ0n) is 9.25. The van der Waals surface area contributed by atoms with Gasteiger partial charge in [-0.05, 0) is 32.9 Å². The maximum absolute atomic E-state index is 4.17. The van der Waals surface area contributed by atoms with Crippen LogP contribution in [0.15, 0.2) is 24.4 Å². The van der Waals surface area contributed by atoms with Crippen molar-refractivity contribution < 1.29 is 0 Å². The van der Waals surface area contributed by atoms with E-state index in [1.54, 1.807) is 0 Å². The molecule has 14 heavy (non-hydrogen) atoms. The minimum Gasteiger partial charge on any atom is -0.312 e. The molecule has 0 aliphatic rings. The van der Waals surface area contributed by atoms with Gasteiger partial charge in [-0.2, -0.15) is 5.10 Å². The molecule has 0 saturated carbocycles. The second kappa shape index (κ2) is 4.96. The minimum absolute atomic E-state index is 0.374. The Morgan fingerprint density at radius 1 is 1.71 bits per heavy atom. The molecule has 1 N–H and O–H groups in total. The van der Waals surface area contributed by atoms with Gasteiger partial charge >= 0.3 is 0 Å². The van der Waals surface area contributed by atoms with E-state index >= 15 is 0 Å². The van der Waals surface area contributed by atoms with Gasteiger partial charge in [-0.25, -0.2) is 0 Å². The molecular weight excluding hydrogens is 174 g/mol. The number of rotatable bonds is 5. The Hall–Kier alpha value is -1.09. The first kappa shape index (κ1) is 11.0. The lowest BCUT2D eigenvalue weighted by Gasteiger charge is -2.16. The maximum Gasteiger partial charge on any atom is 0.0550 e. The average molecular weight is 193 g/mol. The van der Waals surface area contributed by atoms with E-state index in [9.17, 15) is 0 Å². The van der Waals surface area contributed by atoms with Crippen molar-refractivity contribution in [3.63, 3.8) is 0 Å². The molecule has 0 saturated heterocycles. The van der Waals surface area contributed by atoms with Crippen molar-refractivity contribution in [1.29, 1.82) is 0 Å². The molecule has 0 fully saturated rings. The normalized spacial score (nSPS) is 12.8. The summed E-state index contributed by atoms with van der Waals surface area (Å²) >= 11 is 0. The molecule has 0 aromatic carbocycles. The van der Waals surface area contributed by atoms with Crippen LogP contribution in [0.3, 0.4) is 0 Å². The van der Waals surface area contributed by atoms with E-state index in [0.29, 0.717) is 6.04 Å². The zero-order valence-corrected chi connectivity index (χ0v) is 9.25. The smallest absolute Gasteiger partial charge is 0.0550 e. The molecule has 3 heteroatoms.